The lowest BCUT2D eigenvalue weighted by molar-refractivity contribution is -0.133. The molecule has 1 heterocycles. The Kier molecular flexibility index (Phi) is 5.65. The van der Waals surface area contributed by atoms with E-state index >= 15 is 0 Å². The number of aliphatic hydroxyl groups is 1. The second-order valence-corrected chi connectivity index (χ2v) is 4.24. The van der Waals surface area contributed by atoms with Crippen molar-refractivity contribution < 1.29 is 9.90 Å². The number of amides is 1. The third kappa shape index (κ3) is 4.18. The Morgan fingerprint density at radius 3 is 3.07 bits per heavy atom. The number of rotatable bonds is 5. The van der Waals surface area contributed by atoms with E-state index in [2.05, 4.69) is 5.32 Å². The van der Waals surface area contributed by atoms with Gasteiger partial charge in [-0.2, -0.15) is 0 Å². The van der Waals surface area contributed by atoms with E-state index in [1.54, 1.807) is 0 Å². The van der Waals surface area contributed by atoms with Crippen LogP contribution in [0.15, 0.2) is 0 Å². The maximum atomic E-state index is 11.8. The van der Waals surface area contributed by atoms with Crippen LogP contribution in [-0.4, -0.2) is 49.2 Å². The molecule has 0 aromatic heterocycles. The fraction of sp³-hybridized carbons (Fsp3) is 0.909. The first-order valence-electron chi connectivity index (χ1n) is 5.81. The molecule has 1 atom stereocenters. The van der Waals surface area contributed by atoms with Crippen LogP contribution in [0.3, 0.4) is 0 Å². The highest BCUT2D eigenvalue weighted by Gasteiger charge is 2.22. The highest BCUT2D eigenvalue weighted by molar-refractivity contribution is 5.76. The average Bonchev–Trinajstić information content (AvgIpc) is 2.29. The zero-order valence-electron chi connectivity index (χ0n) is 9.54. The standard InChI is InChI=1S/C11H22N2O2/c1-12-6-2-5-11(15)13-7-3-4-10(8-13)9-14/h10,12,14H,2-9H2,1H3. The number of hydrogen-bond donors (Lipinski definition) is 2. The number of carbonyl (C=O) groups is 1. The van der Waals surface area contributed by atoms with Crippen molar-refractivity contribution in [2.75, 3.05) is 33.3 Å². The van der Waals surface area contributed by atoms with Crippen molar-refractivity contribution in [2.24, 2.45) is 5.92 Å². The van der Waals surface area contributed by atoms with Gasteiger partial charge in [-0.1, -0.05) is 0 Å². The van der Waals surface area contributed by atoms with E-state index < -0.39 is 0 Å². The second kappa shape index (κ2) is 6.80. The van der Waals surface area contributed by atoms with Gasteiger partial charge in [-0.25, -0.2) is 0 Å². The molecule has 0 aliphatic carbocycles. The van der Waals surface area contributed by atoms with E-state index in [1.807, 2.05) is 11.9 Å². The highest BCUT2D eigenvalue weighted by atomic mass is 16.3. The first kappa shape index (κ1) is 12.5. The minimum Gasteiger partial charge on any atom is -0.396 e. The molecule has 4 nitrogen and oxygen atoms in total. The predicted octanol–water partition coefficient (Wildman–Crippen LogP) is 0.217. The van der Waals surface area contributed by atoms with Gasteiger partial charge in [0.1, 0.15) is 0 Å². The van der Waals surface area contributed by atoms with E-state index in [-0.39, 0.29) is 12.5 Å². The highest BCUT2D eigenvalue weighted by Crippen LogP contribution is 2.16. The molecule has 1 rings (SSSR count). The third-order valence-electron chi connectivity index (χ3n) is 2.95. The molecule has 1 amide bonds. The van der Waals surface area contributed by atoms with Gasteiger partial charge in [0.2, 0.25) is 5.91 Å². The molecule has 0 spiro atoms. The molecule has 0 bridgehead atoms. The minimum atomic E-state index is 0.209. The SMILES string of the molecule is CNCCCC(=O)N1CCCC(CO)C1. The van der Waals surface area contributed by atoms with Crippen molar-refractivity contribution in [3.63, 3.8) is 0 Å². The van der Waals surface area contributed by atoms with E-state index in [0.717, 1.165) is 38.9 Å². The lowest BCUT2D eigenvalue weighted by Crippen LogP contribution is -2.41. The Morgan fingerprint density at radius 2 is 2.40 bits per heavy atom. The van der Waals surface area contributed by atoms with E-state index in [1.165, 1.54) is 0 Å². The maximum Gasteiger partial charge on any atom is 0.222 e. The van der Waals surface area contributed by atoms with Gasteiger partial charge < -0.3 is 15.3 Å². The predicted molar refractivity (Wildman–Crippen MR) is 59.6 cm³/mol. The molecule has 0 radical (unpaired) electrons. The molecule has 4 heteroatoms. The van der Waals surface area contributed by atoms with E-state index in [4.69, 9.17) is 5.11 Å². The van der Waals surface area contributed by atoms with Crippen molar-refractivity contribution in [1.82, 2.24) is 10.2 Å². The van der Waals surface area contributed by atoms with Crippen molar-refractivity contribution in [2.45, 2.75) is 25.7 Å². The van der Waals surface area contributed by atoms with Crippen LogP contribution in [0.1, 0.15) is 25.7 Å². The summed E-state index contributed by atoms with van der Waals surface area (Å²) in [7, 11) is 1.90. The van der Waals surface area contributed by atoms with Crippen LogP contribution in [0.5, 0.6) is 0 Å². The summed E-state index contributed by atoms with van der Waals surface area (Å²) in [6, 6.07) is 0. The Labute approximate surface area is 91.6 Å². The molecule has 1 saturated heterocycles. The summed E-state index contributed by atoms with van der Waals surface area (Å²) < 4.78 is 0. The molecular formula is C11H22N2O2. The Morgan fingerprint density at radius 1 is 1.60 bits per heavy atom. The van der Waals surface area contributed by atoms with Crippen molar-refractivity contribution >= 4 is 5.91 Å². The number of likely N-dealkylation sites (tertiary alicyclic amines) is 1. The summed E-state index contributed by atoms with van der Waals surface area (Å²) in [6.45, 7) is 2.72. The summed E-state index contributed by atoms with van der Waals surface area (Å²) >= 11 is 0. The fourth-order valence-electron chi connectivity index (χ4n) is 2.02. The zero-order valence-corrected chi connectivity index (χ0v) is 9.54. The average molecular weight is 214 g/mol. The molecule has 0 aromatic rings. The van der Waals surface area contributed by atoms with Gasteiger partial charge in [0.05, 0.1) is 0 Å². The molecule has 1 aliphatic rings. The monoisotopic (exact) mass is 214 g/mol. The van der Waals surface area contributed by atoms with Gasteiger partial charge in [-0.15, -0.1) is 0 Å². The first-order valence-corrected chi connectivity index (χ1v) is 5.81. The number of hydrogen-bond acceptors (Lipinski definition) is 3. The summed E-state index contributed by atoms with van der Waals surface area (Å²) in [5.74, 6) is 0.537. The van der Waals surface area contributed by atoms with Crippen LogP contribution in [-0.2, 0) is 4.79 Å². The summed E-state index contributed by atoms with van der Waals surface area (Å²) in [4.78, 5) is 13.7. The summed E-state index contributed by atoms with van der Waals surface area (Å²) in [5.41, 5.74) is 0. The van der Waals surface area contributed by atoms with Crippen LogP contribution in [0.2, 0.25) is 0 Å². The molecule has 1 fully saturated rings. The molecule has 2 N–H and O–H groups in total. The topological polar surface area (TPSA) is 52.6 Å². The summed E-state index contributed by atoms with van der Waals surface area (Å²) in [5, 5.41) is 12.1. The Bertz CT molecular complexity index is 197. The van der Waals surface area contributed by atoms with Gasteiger partial charge in [-0.05, 0) is 38.8 Å². The number of nitrogens with one attached hydrogen (secondary N) is 1. The van der Waals surface area contributed by atoms with Gasteiger partial charge in [0.15, 0.2) is 0 Å². The molecule has 15 heavy (non-hydrogen) atoms. The van der Waals surface area contributed by atoms with Crippen LogP contribution < -0.4 is 5.32 Å². The van der Waals surface area contributed by atoms with Crippen molar-refractivity contribution in [1.29, 1.82) is 0 Å². The lowest BCUT2D eigenvalue weighted by atomic mass is 9.99. The minimum absolute atomic E-state index is 0.209. The van der Waals surface area contributed by atoms with Crippen LogP contribution in [0.4, 0.5) is 0 Å². The van der Waals surface area contributed by atoms with Crippen LogP contribution in [0, 0.1) is 5.92 Å². The van der Waals surface area contributed by atoms with E-state index in [9.17, 15) is 4.79 Å². The van der Waals surface area contributed by atoms with Crippen molar-refractivity contribution in [3.05, 3.63) is 0 Å². The molecule has 0 aromatic carbocycles. The smallest absolute Gasteiger partial charge is 0.222 e. The first-order chi connectivity index (χ1) is 7.27. The van der Waals surface area contributed by atoms with E-state index in [0.29, 0.717) is 12.3 Å². The molecule has 1 aliphatic heterocycles. The molecule has 0 saturated carbocycles. The largest absolute Gasteiger partial charge is 0.396 e. The number of aliphatic hydroxyl groups excluding tert-OH is 1. The second-order valence-electron chi connectivity index (χ2n) is 4.24. The van der Waals surface area contributed by atoms with Gasteiger partial charge >= 0.3 is 0 Å². The molecule has 88 valence electrons. The fourth-order valence-corrected chi connectivity index (χ4v) is 2.02. The third-order valence-corrected chi connectivity index (χ3v) is 2.95. The summed E-state index contributed by atoms with van der Waals surface area (Å²) in [6.07, 6.45) is 3.61. The molecular weight excluding hydrogens is 192 g/mol. The Balaban J connectivity index is 2.25. The maximum absolute atomic E-state index is 11.8. The van der Waals surface area contributed by atoms with Gasteiger partial charge in [-0.3, -0.25) is 4.79 Å². The lowest BCUT2D eigenvalue weighted by Gasteiger charge is -2.31. The normalized spacial score (nSPS) is 21.7. The number of piperidine rings is 1. The number of nitrogens with zero attached hydrogens (tertiary/aromatic N) is 1. The van der Waals surface area contributed by atoms with Gasteiger partial charge in [0, 0.05) is 26.1 Å². The van der Waals surface area contributed by atoms with Gasteiger partial charge in [0.25, 0.3) is 0 Å². The quantitative estimate of drug-likeness (QED) is 0.644. The number of carbonyl (C=O) groups excluding carboxylic acids is 1. The van der Waals surface area contributed by atoms with Crippen molar-refractivity contribution in [3.8, 4) is 0 Å². The van der Waals surface area contributed by atoms with Crippen LogP contribution in [0.25, 0.3) is 0 Å². The molecule has 1 unspecified atom stereocenters. The Hall–Kier alpha value is -0.610. The zero-order chi connectivity index (χ0) is 11.1. The van der Waals surface area contributed by atoms with Crippen LogP contribution >= 0.6 is 0 Å².